The van der Waals surface area contributed by atoms with E-state index in [2.05, 4.69) is 9.93 Å². The second-order valence-electron chi connectivity index (χ2n) is 2.47. The van der Waals surface area contributed by atoms with Crippen molar-refractivity contribution in [3.63, 3.8) is 0 Å². The fraction of sp³-hybridized carbons (Fsp3) is 0.125. The van der Waals surface area contributed by atoms with Crippen LogP contribution in [0.2, 0.25) is 0 Å². The second-order valence-corrected chi connectivity index (χ2v) is 4.10. The zero-order chi connectivity index (χ0) is 9.73. The average Bonchev–Trinajstić information content (AvgIpc) is 2.04. The van der Waals surface area contributed by atoms with Crippen molar-refractivity contribution in [1.82, 2.24) is 0 Å². The molecule has 0 aliphatic heterocycles. The molecule has 0 aliphatic carbocycles. The third kappa shape index (κ3) is 5.81. The third-order valence-electron chi connectivity index (χ3n) is 1.20. The molecule has 0 heterocycles. The van der Waals surface area contributed by atoms with Gasteiger partial charge in [-0.25, -0.2) is 8.42 Å². The number of hydrogen-bond acceptors (Lipinski definition) is 3. The summed E-state index contributed by atoms with van der Waals surface area (Å²) in [6.45, 7) is 0. The first-order chi connectivity index (χ1) is 6.08. The molecule has 1 aromatic rings. The first-order valence-electron chi connectivity index (χ1n) is 3.58. The Balaban J connectivity index is 0.00000169. The maximum atomic E-state index is 10.5. The van der Waals surface area contributed by atoms with Crippen LogP contribution in [0.5, 0.6) is 0 Å². The van der Waals surface area contributed by atoms with Crippen LogP contribution < -0.4 is 18.9 Å². The zero-order valence-electron chi connectivity index (χ0n) is 8.08. The van der Waals surface area contributed by atoms with Gasteiger partial charge in [0.15, 0.2) is 0 Å². The normalized spacial score (nSPS) is 10.9. The van der Waals surface area contributed by atoms with Gasteiger partial charge in [0.2, 0.25) is 0 Å². The van der Waals surface area contributed by atoms with Crippen LogP contribution in [0.4, 0.5) is 0 Å². The standard InChI is InChI=1S/C8H9N2O2S.Li/c1-13(11,12)10-9-7-8-5-3-2-4-6-8;/h2-7H,1H3;/q-1;+1/b9-7+;. The summed E-state index contributed by atoms with van der Waals surface area (Å²) in [5.74, 6) is 0. The van der Waals surface area contributed by atoms with Crippen molar-refractivity contribution >= 4 is 16.2 Å². The first-order valence-corrected chi connectivity index (χ1v) is 5.43. The molecular weight excluding hydrogens is 195 g/mol. The Morgan fingerprint density at radius 3 is 2.36 bits per heavy atom. The van der Waals surface area contributed by atoms with Crippen molar-refractivity contribution in [2.24, 2.45) is 5.10 Å². The van der Waals surface area contributed by atoms with Gasteiger partial charge in [0.05, 0.1) is 0 Å². The topological polar surface area (TPSA) is 60.6 Å². The molecule has 14 heavy (non-hydrogen) atoms. The molecule has 0 saturated carbocycles. The minimum absolute atomic E-state index is 0. The van der Waals surface area contributed by atoms with Crippen molar-refractivity contribution in [2.45, 2.75) is 0 Å². The van der Waals surface area contributed by atoms with Crippen LogP contribution in [-0.4, -0.2) is 20.9 Å². The Morgan fingerprint density at radius 2 is 1.86 bits per heavy atom. The predicted octanol–water partition coefficient (Wildman–Crippen LogP) is -1.64. The van der Waals surface area contributed by atoms with E-state index in [0.29, 0.717) is 0 Å². The molecule has 0 N–H and O–H groups in total. The van der Waals surface area contributed by atoms with E-state index in [1.54, 1.807) is 12.1 Å². The van der Waals surface area contributed by atoms with E-state index in [1.807, 2.05) is 18.2 Å². The summed E-state index contributed by atoms with van der Waals surface area (Å²) >= 11 is 0. The largest absolute Gasteiger partial charge is 1.00 e. The number of hydrogen-bond donors (Lipinski definition) is 0. The minimum atomic E-state index is -3.37. The quantitative estimate of drug-likeness (QED) is 0.337. The molecule has 0 spiro atoms. The van der Waals surface area contributed by atoms with E-state index in [0.717, 1.165) is 11.8 Å². The van der Waals surface area contributed by atoms with Crippen molar-refractivity contribution < 1.29 is 27.3 Å². The number of rotatable bonds is 3. The minimum Gasteiger partial charge on any atom is -0.495 e. The van der Waals surface area contributed by atoms with Crippen LogP contribution in [-0.2, 0) is 10.0 Å². The number of nitrogens with zero attached hydrogens (tertiary/aromatic N) is 2. The van der Waals surface area contributed by atoms with Crippen LogP contribution in [0.25, 0.3) is 4.83 Å². The third-order valence-corrected chi connectivity index (χ3v) is 1.59. The Bertz CT molecular complexity index is 389. The predicted molar refractivity (Wildman–Crippen MR) is 52.2 cm³/mol. The molecule has 0 aliphatic rings. The molecule has 0 bridgehead atoms. The Hall–Kier alpha value is -0.763. The molecular formula is C8H9LiN2O2S. The van der Waals surface area contributed by atoms with Crippen LogP contribution in [0.3, 0.4) is 0 Å². The molecule has 6 heteroatoms. The van der Waals surface area contributed by atoms with Crippen LogP contribution in [0, 0.1) is 0 Å². The van der Waals surface area contributed by atoms with Gasteiger partial charge < -0.3 is 9.93 Å². The van der Waals surface area contributed by atoms with Crippen molar-refractivity contribution in [1.29, 1.82) is 0 Å². The molecule has 1 rings (SSSR count). The van der Waals surface area contributed by atoms with Gasteiger partial charge in [-0.1, -0.05) is 30.3 Å². The van der Waals surface area contributed by atoms with Crippen LogP contribution in [0.15, 0.2) is 35.4 Å². The Labute approximate surface area is 95.6 Å². The summed E-state index contributed by atoms with van der Waals surface area (Å²) in [6.07, 6.45) is 2.39. The summed E-state index contributed by atoms with van der Waals surface area (Å²) in [4.78, 5) is 3.09. The van der Waals surface area contributed by atoms with Crippen LogP contribution in [0.1, 0.15) is 5.56 Å². The van der Waals surface area contributed by atoms with E-state index < -0.39 is 10.0 Å². The monoisotopic (exact) mass is 204 g/mol. The molecule has 1 aromatic carbocycles. The first kappa shape index (κ1) is 13.2. The van der Waals surface area contributed by atoms with Gasteiger partial charge >= 0.3 is 18.9 Å². The molecule has 0 saturated heterocycles. The molecule has 0 aromatic heterocycles. The van der Waals surface area contributed by atoms with Gasteiger partial charge in [0.25, 0.3) is 0 Å². The fourth-order valence-corrected chi connectivity index (χ4v) is 0.933. The van der Waals surface area contributed by atoms with E-state index >= 15 is 0 Å². The summed E-state index contributed by atoms with van der Waals surface area (Å²) in [6, 6.07) is 9.15. The average molecular weight is 204 g/mol. The van der Waals surface area contributed by atoms with Gasteiger partial charge in [-0.3, -0.25) is 0 Å². The van der Waals surface area contributed by atoms with E-state index in [1.165, 1.54) is 6.21 Å². The number of benzene rings is 1. The molecule has 0 radical (unpaired) electrons. The SMILES string of the molecule is CS(=O)(=O)[N-]/N=C/c1ccccc1.[Li+]. The van der Waals surface area contributed by atoms with Crippen molar-refractivity contribution in [3.8, 4) is 0 Å². The number of sulfonamides is 1. The van der Waals surface area contributed by atoms with Gasteiger partial charge in [-0.2, -0.15) is 0 Å². The van der Waals surface area contributed by atoms with Crippen molar-refractivity contribution in [2.75, 3.05) is 6.26 Å². The second kappa shape index (κ2) is 5.86. The van der Waals surface area contributed by atoms with Gasteiger partial charge in [-0.05, 0) is 5.56 Å². The van der Waals surface area contributed by atoms with E-state index in [-0.39, 0.29) is 18.9 Å². The molecule has 0 fully saturated rings. The molecule has 70 valence electrons. The maximum absolute atomic E-state index is 10.5. The Kier molecular flexibility index (Phi) is 5.54. The summed E-state index contributed by atoms with van der Waals surface area (Å²) in [5, 5.41) is 3.42. The maximum Gasteiger partial charge on any atom is 1.00 e. The van der Waals surface area contributed by atoms with Crippen molar-refractivity contribution in [3.05, 3.63) is 40.7 Å². The van der Waals surface area contributed by atoms with E-state index in [9.17, 15) is 8.42 Å². The summed E-state index contributed by atoms with van der Waals surface area (Å²) in [7, 11) is -3.37. The molecule has 0 atom stereocenters. The van der Waals surface area contributed by atoms with Gasteiger partial charge in [0.1, 0.15) is 10.0 Å². The van der Waals surface area contributed by atoms with Crippen LogP contribution >= 0.6 is 0 Å². The summed E-state index contributed by atoms with van der Waals surface area (Å²) < 4.78 is 21.1. The van der Waals surface area contributed by atoms with Gasteiger partial charge in [-0.15, -0.1) is 0 Å². The zero-order valence-corrected chi connectivity index (χ0v) is 8.90. The van der Waals surface area contributed by atoms with E-state index in [4.69, 9.17) is 0 Å². The molecule has 4 nitrogen and oxygen atoms in total. The summed E-state index contributed by atoms with van der Waals surface area (Å²) in [5.41, 5.74) is 0.815. The molecule has 0 unspecified atom stereocenters. The Morgan fingerprint density at radius 1 is 1.29 bits per heavy atom. The molecule has 0 amide bonds. The van der Waals surface area contributed by atoms with Gasteiger partial charge in [0, 0.05) is 12.5 Å². The smallest absolute Gasteiger partial charge is 0.495 e. The fourth-order valence-electron chi connectivity index (χ4n) is 0.715.